The number of rotatable bonds is 7. The maximum absolute atomic E-state index is 13.9. The third kappa shape index (κ3) is 4.81. The molecular formula is C22H23F3O3. The summed E-state index contributed by atoms with van der Waals surface area (Å²) in [5.74, 6) is -1.48. The Labute approximate surface area is 162 Å². The van der Waals surface area contributed by atoms with E-state index in [9.17, 15) is 18.0 Å². The second-order valence-electron chi connectivity index (χ2n) is 6.57. The minimum atomic E-state index is -4.98. The number of carbonyl (C=O) groups is 1. The van der Waals surface area contributed by atoms with Crippen molar-refractivity contribution in [3.05, 3.63) is 77.4 Å². The molecule has 0 spiro atoms. The molecule has 0 aromatic heterocycles. The second-order valence-corrected chi connectivity index (χ2v) is 6.57. The molecule has 0 fully saturated rings. The highest BCUT2D eigenvalue weighted by Crippen LogP contribution is 2.43. The first-order chi connectivity index (χ1) is 13.2. The van der Waals surface area contributed by atoms with E-state index in [4.69, 9.17) is 9.47 Å². The lowest BCUT2D eigenvalue weighted by molar-refractivity contribution is -0.277. The van der Waals surface area contributed by atoms with Crippen LogP contribution in [0.5, 0.6) is 0 Å². The Kier molecular flexibility index (Phi) is 7.02. The number of esters is 1. The largest absolute Gasteiger partial charge is 0.460 e. The van der Waals surface area contributed by atoms with E-state index < -0.39 is 23.9 Å². The first kappa shape index (κ1) is 21.7. The summed E-state index contributed by atoms with van der Waals surface area (Å²) in [6, 6.07) is 16.3. The summed E-state index contributed by atoms with van der Waals surface area (Å²) in [5, 5.41) is 0. The predicted molar refractivity (Wildman–Crippen MR) is 101 cm³/mol. The molecule has 0 aliphatic carbocycles. The minimum absolute atomic E-state index is 0.299. The average Bonchev–Trinajstić information content (AvgIpc) is 2.63. The molecular weight excluding hydrogens is 369 g/mol. The van der Waals surface area contributed by atoms with Crippen LogP contribution in [0.2, 0.25) is 0 Å². The SMILES string of the molecule is CO[C@@](C(=O)O[C@H](C)C/C(C)=C/c1ccccc1)(c1ccccc1)C(F)(F)F. The van der Waals surface area contributed by atoms with Gasteiger partial charge < -0.3 is 9.47 Å². The Hall–Kier alpha value is -2.60. The Morgan fingerprint density at radius 3 is 2.07 bits per heavy atom. The molecule has 0 radical (unpaired) electrons. The van der Waals surface area contributed by atoms with Crippen molar-refractivity contribution in [2.75, 3.05) is 7.11 Å². The normalized spacial score (nSPS) is 15.6. The smallest absolute Gasteiger partial charge is 0.432 e. The van der Waals surface area contributed by atoms with Crippen LogP contribution in [0.4, 0.5) is 13.2 Å². The molecule has 2 aromatic rings. The summed E-state index contributed by atoms with van der Waals surface area (Å²) in [6.45, 7) is 3.39. The van der Waals surface area contributed by atoms with Gasteiger partial charge in [-0.15, -0.1) is 0 Å². The predicted octanol–water partition coefficient (Wildman–Crippen LogP) is 5.52. The second kappa shape index (κ2) is 9.06. The molecule has 2 aromatic carbocycles. The van der Waals surface area contributed by atoms with Gasteiger partial charge in [-0.1, -0.05) is 72.3 Å². The highest BCUT2D eigenvalue weighted by Gasteiger charge is 2.64. The Morgan fingerprint density at radius 1 is 1.04 bits per heavy atom. The molecule has 3 nitrogen and oxygen atoms in total. The van der Waals surface area contributed by atoms with Crippen molar-refractivity contribution < 1.29 is 27.4 Å². The minimum Gasteiger partial charge on any atom is -0.460 e. The van der Waals surface area contributed by atoms with Crippen LogP contribution in [-0.4, -0.2) is 25.4 Å². The van der Waals surface area contributed by atoms with Gasteiger partial charge in [0, 0.05) is 19.1 Å². The maximum Gasteiger partial charge on any atom is 0.432 e. The summed E-state index contributed by atoms with van der Waals surface area (Å²) < 4.78 is 51.5. The van der Waals surface area contributed by atoms with Gasteiger partial charge in [-0.2, -0.15) is 13.2 Å². The molecule has 2 rings (SSSR count). The van der Waals surface area contributed by atoms with Gasteiger partial charge in [-0.25, -0.2) is 4.79 Å². The van der Waals surface area contributed by atoms with E-state index >= 15 is 0 Å². The number of ether oxygens (including phenoxy) is 2. The summed E-state index contributed by atoms with van der Waals surface area (Å²) in [6.07, 6.45) is -3.54. The molecule has 6 heteroatoms. The van der Waals surface area contributed by atoms with E-state index in [-0.39, 0.29) is 5.56 Å². The van der Waals surface area contributed by atoms with Gasteiger partial charge in [0.1, 0.15) is 6.10 Å². The monoisotopic (exact) mass is 392 g/mol. The third-order valence-electron chi connectivity index (χ3n) is 4.30. The van der Waals surface area contributed by atoms with E-state index in [1.165, 1.54) is 24.3 Å². The number of methoxy groups -OCH3 is 1. The highest BCUT2D eigenvalue weighted by molar-refractivity contribution is 5.82. The van der Waals surface area contributed by atoms with Crippen molar-refractivity contribution in [3.8, 4) is 0 Å². The van der Waals surface area contributed by atoms with Crippen molar-refractivity contribution in [1.29, 1.82) is 0 Å². The lowest BCUT2D eigenvalue weighted by Crippen LogP contribution is -2.52. The topological polar surface area (TPSA) is 35.5 Å². The van der Waals surface area contributed by atoms with E-state index in [0.29, 0.717) is 6.42 Å². The van der Waals surface area contributed by atoms with Crippen LogP contribution in [0.3, 0.4) is 0 Å². The molecule has 150 valence electrons. The van der Waals surface area contributed by atoms with Gasteiger partial charge in [0.25, 0.3) is 5.60 Å². The molecule has 0 unspecified atom stereocenters. The number of hydrogen-bond donors (Lipinski definition) is 0. The number of alkyl halides is 3. The zero-order valence-electron chi connectivity index (χ0n) is 16.0. The molecule has 28 heavy (non-hydrogen) atoms. The van der Waals surface area contributed by atoms with E-state index in [1.807, 2.05) is 43.3 Å². The van der Waals surface area contributed by atoms with Gasteiger partial charge in [0.2, 0.25) is 0 Å². The number of benzene rings is 2. The van der Waals surface area contributed by atoms with Gasteiger partial charge in [0.15, 0.2) is 0 Å². The van der Waals surface area contributed by atoms with Crippen LogP contribution in [0.15, 0.2) is 66.2 Å². The zero-order chi connectivity index (χ0) is 20.8. The average molecular weight is 392 g/mol. The van der Waals surface area contributed by atoms with Gasteiger partial charge in [-0.05, 0) is 19.4 Å². The number of hydrogen-bond acceptors (Lipinski definition) is 3. The maximum atomic E-state index is 13.9. The van der Waals surface area contributed by atoms with Crippen molar-refractivity contribution in [2.45, 2.75) is 38.1 Å². The summed E-state index contributed by atoms with van der Waals surface area (Å²) in [4.78, 5) is 12.6. The Morgan fingerprint density at radius 2 is 1.57 bits per heavy atom. The van der Waals surface area contributed by atoms with Crippen LogP contribution in [0.25, 0.3) is 6.08 Å². The van der Waals surface area contributed by atoms with Gasteiger partial charge >= 0.3 is 12.1 Å². The van der Waals surface area contributed by atoms with Crippen LogP contribution in [0, 0.1) is 0 Å². The highest BCUT2D eigenvalue weighted by atomic mass is 19.4. The fourth-order valence-corrected chi connectivity index (χ4v) is 3.04. The zero-order valence-corrected chi connectivity index (χ0v) is 16.0. The third-order valence-corrected chi connectivity index (χ3v) is 4.30. The van der Waals surface area contributed by atoms with E-state index in [1.54, 1.807) is 13.0 Å². The fraction of sp³-hybridized carbons (Fsp3) is 0.318. The van der Waals surface area contributed by atoms with E-state index in [2.05, 4.69) is 0 Å². The summed E-state index contributed by atoms with van der Waals surface area (Å²) in [7, 11) is 0.854. The van der Waals surface area contributed by atoms with Crippen LogP contribution >= 0.6 is 0 Å². The molecule has 0 aliphatic rings. The molecule has 0 saturated carbocycles. The van der Waals surface area contributed by atoms with Gasteiger partial charge in [-0.3, -0.25) is 0 Å². The number of halogens is 3. The molecule has 2 atom stereocenters. The van der Waals surface area contributed by atoms with Gasteiger partial charge in [0.05, 0.1) is 0 Å². The molecule has 0 heterocycles. The first-order valence-corrected chi connectivity index (χ1v) is 8.81. The Bertz CT molecular complexity index is 801. The quantitative estimate of drug-likeness (QED) is 0.583. The van der Waals surface area contributed by atoms with Crippen LogP contribution < -0.4 is 0 Å². The van der Waals surface area contributed by atoms with Crippen molar-refractivity contribution in [1.82, 2.24) is 0 Å². The van der Waals surface area contributed by atoms with Crippen LogP contribution in [-0.2, 0) is 19.9 Å². The summed E-state index contributed by atoms with van der Waals surface area (Å²) in [5.41, 5.74) is -1.65. The Balaban J connectivity index is 2.20. The van der Waals surface area contributed by atoms with Crippen LogP contribution in [0.1, 0.15) is 31.4 Å². The first-order valence-electron chi connectivity index (χ1n) is 8.81. The van der Waals surface area contributed by atoms with Crippen molar-refractivity contribution in [2.24, 2.45) is 0 Å². The molecule has 0 amide bonds. The lowest BCUT2D eigenvalue weighted by atomic mass is 9.92. The molecule has 0 saturated heterocycles. The standard InChI is InChI=1S/C22H23F3O3/c1-16(15-18-10-6-4-7-11-18)14-17(2)28-20(26)21(27-3,22(23,24)25)19-12-8-5-9-13-19/h4-13,15,17H,14H2,1-3H3/b16-15+/t17-,21-/m1/s1. The molecule has 0 N–H and O–H groups in total. The number of carbonyl (C=O) groups excluding carboxylic acids is 1. The van der Waals surface area contributed by atoms with Crippen molar-refractivity contribution in [3.63, 3.8) is 0 Å². The lowest BCUT2D eigenvalue weighted by Gasteiger charge is -2.33. The molecule has 0 bridgehead atoms. The van der Waals surface area contributed by atoms with E-state index in [0.717, 1.165) is 18.2 Å². The fourth-order valence-electron chi connectivity index (χ4n) is 3.04. The molecule has 0 aliphatic heterocycles. The van der Waals surface area contributed by atoms with Crippen molar-refractivity contribution >= 4 is 12.0 Å². The summed E-state index contributed by atoms with van der Waals surface area (Å²) >= 11 is 0.